The number of nitrogens with one attached hydrogen (secondary N) is 1. The maximum Gasteiger partial charge on any atom is 0.106 e. The van der Waals surface area contributed by atoms with E-state index in [4.69, 9.17) is 4.74 Å². The van der Waals surface area contributed by atoms with Gasteiger partial charge >= 0.3 is 0 Å². The topological polar surface area (TPSA) is 45.0 Å². The van der Waals surface area contributed by atoms with Crippen molar-refractivity contribution in [2.45, 2.75) is 58.1 Å². The molecule has 92 valence electrons. The normalized spacial score (nSPS) is 21.1. The van der Waals surface area contributed by atoms with E-state index in [9.17, 15) is 5.26 Å². The van der Waals surface area contributed by atoms with E-state index in [-0.39, 0.29) is 6.10 Å². The van der Waals surface area contributed by atoms with Crippen molar-refractivity contribution in [3.05, 3.63) is 0 Å². The third-order valence-electron chi connectivity index (χ3n) is 3.02. The van der Waals surface area contributed by atoms with E-state index in [0.717, 1.165) is 31.9 Å². The van der Waals surface area contributed by atoms with Crippen LogP contribution >= 0.6 is 0 Å². The Morgan fingerprint density at radius 2 is 2.25 bits per heavy atom. The lowest BCUT2D eigenvalue weighted by molar-refractivity contribution is 0.0409. The van der Waals surface area contributed by atoms with Gasteiger partial charge in [-0.1, -0.05) is 6.92 Å². The number of hydrogen-bond acceptors (Lipinski definition) is 3. The maximum atomic E-state index is 9.18. The zero-order valence-electron chi connectivity index (χ0n) is 10.8. The van der Waals surface area contributed by atoms with Crippen molar-refractivity contribution in [2.75, 3.05) is 13.2 Å². The summed E-state index contributed by atoms with van der Waals surface area (Å²) in [6, 6.07) is 2.36. The Morgan fingerprint density at radius 1 is 1.56 bits per heavy atom. The Balaban J connectivity index is 2.26. The predicted molar refractivity (Wildman–Crippen MR) is 65.1 cm³/mol. The van der Waals surface area contributed by atoms with Crippen molar-refractivity contribution in [3.8, 4) is 6.07 Å². The molecular formula is C13H24N2O. The monoisotopic (exact) mass is 224 g/mol. The van der Waals surface area contributed by atoms with E-state index in [1.807, 2.05) is 6.92 Å². The molecule has 0 aromatic rings. The molecule has 1 rings (SSSR count). The maximum absolute atomic E-state index is 9.18. The molecule has 1 aliphatic carbocycles. The molecule has 0 bridgehead atoms. The molecule has 0 radical (unpaired) electrons. The summed E-state index contributed by atoms with van der Waals surface area (Å²) in [7, 11) is 0. The predicted octanol–water partition coefficient (Wildman–Crippen LogP) is 2.47. The molecule has 1 fully saturated rings. The average Bonchev–Trinajstić information content (AvgIpc) is 3.07. The van der Waals surface area contributed by atoms with Crippen LogP contribution in [0.25, 0.3) is 0 Å². The largest absolute Gasteiger partial charge is 0.378 e. The highest BCUT2D eigenvalue weighted by molar-refractivity contribution is 5.04. The minimum absolute atomic E-state index is 0.162. The van der Waals surface area contributed by atoms with Gasteiger partial charge in [-0.25, -0.2) is 0 Å². The SMILES string of the molecule is CCCNC(C)(C#N)CC(C)OCC1CC1. The molecule has 1 saturated carbocycles. The lowest BCUT2D eigenvalue weighted by Crippen LogP contribution is -2.44. The van der Waals surface area contributed by atoms with E-state index >= 15 is 0 Å². The fourth-order valence-electron chi connectivity index (χ4n) is 1.78. The van der Waals surface area contributed by atoms with Gasteiger partial charge in [-0.15, -0.1) is 0 Å². The van der Waals surface area contributed by atoms with Gasteiger partial charge in [0.1, 0.15) is 5.54 Å². The van der Waals surface area contributed by atoms with E-state index < -0.39 is 5.54 Å². The Bertz CT molecular complexity index is 245. The summed E-state index contributed by atoms with van der Waals surface area (Å²) in [4.78, 5) is 0. The molecule has 3 heteroatoms. The number of nitriles is 1. The Morgan fingerprint density at radius 3 is 2.75 bits per heavy atom. The average molecular weight is 224 g/mol. The van der Waals surface area contributed by atoms with Gasteiger partial charge in [-0.2, -0.15) is 5.26 Å². The van der Waals surface area contributed by atoms with Crippen LogP contribution < -0.4 is 5.32 Å². The van der Waals surface area contributed by atoms with E-state index in [1.165, 1.54) is 12.8 Å². The van der Waals surface area contributed by atoms with E-state index in [0.29, 0.717) is 0 Å². The van der Waals surface area contributed by atoms with Crippen LogP contribution in [0.4, 0.5) is 0 Å². The number of hydrogen-bond donors (Lipinski definition) is 1. The molecule has 1 aliphatic rings. The first-order valence-electron chi connectivity index (χ1n) is 6.37. The van der Waals surface area contributed by atoms with Gasteiger partial charge in [0.25, 0.3) is 0 Å². The summed E-state index contributed by atoms with van der Waals surface area (Å²) in [6.07, 6.45) is 4.60. The molecule has 16 heavy (non-hydrogen) atoms. The molecule has 0 aromatic heterocycles. The quantitative estimate of drug-likeness (QED) is 0.689. The summed E-state index contributed by atoms with van der Waals surface area (Å²) in [6.45, 7) is 7.89. The molecule has 0 spiro atoms. The fraction of sp³-hybridized carbons (Fsp3) is 0.923. The Hall–Kier alpha value is -0.590. The summed E-state index contributed by atoms with van der Waals surface area (Å²) < 4.78 is 5.75. The van der Waals surface area contributed by atoms with Gasteiger partial charge in [0.05, 0.1) is 12.2 Å². The highest BCUT2D eigenvalue weighted by Crippen LogP contribution is 2.29. The molecule has 0 heterocycles. The van der Waals surface area contributed by atoms with Gasteiger partial charge in [-0.3, -0.25) is 5.32 Å². The van der Waals surface area contributed by atoms with Crippen LogP contribution in [0.1, 0.15) is 46.5 Å². The smallest absolute Gasteiger partial charge is 0.106 e. The second-order valence-electron chi connectivity index (χ2n) is 5.16. The molecule has 0 aromatic carbocycles. The lowest BCUT2D eigenvalue weighted by Gasteiger charge is -2.26. The Labute approximate surface area is 99.2 Å². The zero-order chi connectivity index (χ0) is 12.0. The number of ether oxygens (including phenoxy) is 1. The molecule has 1 N–H and O–H groups in total. The lowest BCUT2D eigenvalue weighted by atomic mass is 9.96. The van der Waals surface area contributed by atoms with E-state index in [2.05, 4.69) is 25.2 Å². The molecule has 2 unspecified atom stereocenters. The van der Waals surface area contributed by atoms with Gasteiger partial charge in [-0.05, 0) is 45.6 Å². The van der Waals surface area contributed by atoms with Crippen LogP contribution in [0, 0.1) is 17.2 Å². The molecule has 0 saturated heterocycles. The Kier molecular flexibility index (Phi) is 5.24. The van der Waals surface area contributed by atoms with Crippen molar-refractivity contribution in [3.63, 3.8) is 0 Å². The van der Waals surface area contributed by atoms with Crippen molar-refractivity contribution in [1.29, 1.82) is 5.26 Å². The highest BCUT2D eigenvalue weighted by atomic mass is 16.5. The highest BCUT2D eigenvalue weighted by Gasteiger charge is 2.27. The van der Waals surface area contributed by atoms with Crippen LogP contribution in [-0.4, -0.2) is 24.8 Å². The number of rotatable bonds is 8. The van der Waals surface area contributed by atoms with Gasteiger partial charge in [0.2, 0.25) is 0 Å². The van der Waals surface area contributed by atoms with Crippen molar-refractivity contribution in [2.24, 2.45) is 5.92 Å². The first-order chi connectivity index (χ1) is 7.59. The minimum atomic E-state index is -0.445. The molecule has 3 nitrogen and oxygen atoms in total. The summed E-state index contributed by atoms with van der Waals surface area (Å²) >= 11 is 0. The van der Waals surface area contributed by atoms with Crippen LogP contribution in [0.5, 0.6) is 0 Å². The van der Waals surface area contributed by atoms with Crippen LogP contribution in [-0.2, 0) is 4.74 Å². The fourth-order valence-corrected chi connectivity index (χ4v) is 1.78. The third-order valence-corrected chi connectivity index (χ3v) is 3.02. The van der Waals surface area contributed by atoms with Crippen molar-refractivity contribution >= 4 is 0 Å². The van der Waals surface area contributed by atoms with Crippen LogP contribution in [0.3, 0.4) is 0 Å². The van der Waals surface area contributed by atoms with Crippen LogP contribution in [0.15, 0.2) is 0 Å². The summed E-state index contributed by atoms with van der Waals surface area (Å²) in [5, 5.41) is 12.5. The number of nitrogens with zero attached hydrogens (tertiary/aromatic N) is 1. The molecule has 2 atom stereocenters. The van der Waals surface area contributed by atoms with Gasteiger partial charge < -0.3 is 4.74 Å². The molecular weight excluding hydrogens is 200 g/mol. The zero-order valence-corrected chi connectivity index (χ0v) is 10.8. The van der Waals surface area contributed by atoms with Crippen molar-refractivity contribution < 1.29 is 4.74 Å². The summed E-state index contributed by atoms with van der Waals surface area (Å²) in [5.74, 6) is 0.791. The molecule has 0 amide bonds. The second kappa shape index (κ2) is 6.22. The summed E-state index contributed by atoms with van der Waals surface area (Å²) in [5.41, 5.74) is -0.445. The molecule has 0 aliphatic heterocycles. The first-order valence-corrected chi connectivity index (χ1v) is 6.37. The van der Waals surface area contributed by atoms with Gasteiger partial charge in [0, 0.05) is 13.0 Å². The van der Waals surface area contributed by atoms with Crippen molar-refractivity contribution in [1.82, 2.24) is 5.32 Å². The third kappa shape index (κ3) is 4.96. The van der Waals surface area contributed by atoms with E-state index in [1.54, 1.807) is 0 Å². The minimum Gasteiger partial charge on any atom is -0.378 e. The van der Waals surface area contributed by atoms with Gasteiger partial charge in [0.15, 0.2) is 0 Å². The first kappa shape index (κ1) is 13.5. The standard InChI is InChI=1S/C13H24N2O/c1-4-7-15-13(3,10-14)8-11(2)16-9-12-5-6-12/h11-12,15H,4-9H2,1-3H3. The second-order valence-corrected chi connectivity index (χ2v) is 5.16. The van der Waals surface area contributed by atoms with Crippen LogP contribution in [0.2, 0.25) is 0 Å².